The van der Waals surface area contributed by atoms with Crippen LogP contribution in [0.3, 0.4) is 0 Å². The third-order valence-corrected chi connectivity index (χ3v) is 1.95. The largest absolute Gasteiger partial charge is 0.449 e. The highest BCUT2D eigenvalue weighted by atomic mass is 16.3. The molecule has 0 aliphatic heterocycles. The van der Waals surface area contributed by atoms with Crippen molar-refractivity contribution in [3.05, 3.63) is 18.4 Å². The Labute approximate surface area is 71.4 Å². The monoisotopic (exact) mass is 170 g/mol. The van der Waals surface area contributed by atoms with E-state index in [0.717, 1.165) is 6.42 Å². The van der Waals surface area contributed by atoms with E-state index in [4.69, 9.17) is 15.3 Å². The second-order valence-electron chi connectivity index (χ2n) is 2.73. The van der Waals surface area contributed by atoms with Gasteiger partial charge in [-0.2, -0.15) is 0 Å². The minimum atomic E-state index is -0.176. The van der Waals surface area contributed by atoms with Gasteiger partial charge in [0.25, 0.3) is 0 Å². The Morgan fingerprint density at radius 1 is 1.75 bits per heavy atom. The minimum Gasteiger partial charge on any atom is -0.449 e. The second kappa shape index (κ2) is 4.23. The fraction of sp³-hybridized carbons (Fsp3) is 0.625. The summed E-state index contributed by atoms with van der Waals surface area (Å²) in [6.45, 7) is 1.95. The molecule has 3 N–H and O–H groups in total. The van der Waals surface area contributed by atoms with E-state index >= 15 is 0 Å². The smallest absolute Gasteiger partial charge is 0.200 e. The van der Waals surface area contributed by atoms with Crippen molar-refractivity contribution in [1.82, 2.24) is 4.98 Å². The van der Waals surface area contributed by atoms with Gasteiger partial charge >= 0.3 is 0 Å². The van der Waals surface area contributed by atoms with Gasteiger partial charge in [-0.15, -0.1) is 0 Å². The average molecular weight is 170 g/mol. The zero-order valence-corrected chi connectivity index (χ0v) is 7.10. The van der Waals surface area contributed by atoms with Gasteiger partial charge in [-0.25, -0.2) is 4.98 Å². The average Bonchev–Trinajstić information content (AvgIpc) is 2.58. The third kappa shape index (κ3) is 1.84. The maximum absolute atomic E-state index is 9.02. The van der Waals surface area contributed by atoms with E-state index in [1.54, 1.807) is 6.20 Å². The van der Waals surface area contributed by atoms with Gasteiger partial charge in [0.2, 0.25) is 5.89 Å². The van der Waals surface area contributed by atoms with Crippen molar-refractivity contribution in [2.24, 2.45) is 5.73 Å². The number of nitrogens with two attached hydrogens (primary N) is 1. The molecule has 0 bridgehead atoms. The van der Waals surface area contributed by atoms with Crippen LogP contribution < -0.4 is 5.73 Å². The minimum absolute atomic E-state index is 0.0183. The van der Waals surface area contributed by atoms with Crippen molar-refractivity contribution in [2.75, 3.05) is 6.61 Å². The number of aliphatic hydroxyl groups excluding tert-OH is 1. The number of rotatable bonds is 4. The lowest BCUT2D eigenvalue weighted by Crippen LogP contribution is -2.30. The first-order valence-electron chi connectivity index (χ1n) is 4.05. The Bertz CT molecular complexity index is 211. The van der Waals surface area contributed by atoms with Crippen LogP contribution in [0.4, 0.5) is 0 Å². The number of hydrogen-bond acceptors (Lipinski definition) is 4. The van der Waals surface area contributed by atoms with Gasteiger partial charge in [0, 0.05) is 6.04 Å². The fourth-order valence-electron chi connectivity index (χ4n) is 1.10. The van der Waals surface area contributed by atoms with Crippen LogP contribution >= 0.6 is 0 Å². The molecule has 1 aromatic rings. The van der Waals surface area contributed by atoms with Crippen molar-refractivity contribution in [2.45, 2.75) is 25.3 Å². The van der Waals surface area contributed by atoms with Crippen LogP contribution in [0, 0.1) is 0 Å². The highest BCUT2D eigenvalue weighted by Crippen LogP contribution is 2.17. The quantitative estimate of drug-likeness (QED) is 0.689. The summed E-state index contributed by atoms with van der Waals surface area (Å²) in [7, 11) is 0. The predicted octanol–water partition coefficient (Wildman–Crippen LogP) is 0.488. The Morgan fingerprint density at radius 2 is 2.50 bits per heavy atom. The molecule has 2 atom stereocenters. The third-order valence-electron chi connectivity index (χ3n) is 1.95. The molecule has 0 aliphatic rings. The molecule has 68 valence electrons. The SMILES string of the molecule is CC[C@H](N)C(CO)c1ncco1. The molecule has 0 amide bonds. The molecule has 0 aliphatic carbocycles. The lowest BCUT2D eigenvalue weighted by atomic mass is 9.99. The molecule has 0 fully saturated rings. The lowest BCUT2D eigenvalue weighted by molar-refractivity contribution is 0.224. The Balaban J connectivity index is 2.69. The van der Waals surface area contributed by atoms with E-state index in [-0.39, 0.29) is 18.6 Å². The molecule has 0 aromatic carbocycles. The molecule has 1 rings (SSSR count). The summed E-state index contributed by atoms with van der Waals surface area (Å²) in [6.07, 6.45) is 3.84. The summed E-state index contributed by atoms with van der Waals surface area (Å²) in [4.78, 5) is 3.95. The maximum Gasteiger partial charge on any atom is 0.200 e. The van der Waals surface area contributed by atoms with Crippen molar-refractivity contribution in [3.8, 4) is 0 Å². The van der Waals surface area contributed by atoms with Crippen LogP contribution in [0.1, 0.15) is 25.2 Å². The molecule has 1 heterocycles. The predicted molar refractivity (Wildman–Crippen MR) is 44.6 cm³/mol. The van der Waals surface area contributed by atoms with Gasteiger partial charge in [0.15, 0.2) is 0 Å². The van der Waals surface area contributed by atoms with Crippen LogP contribution in [0.5, 0.6) is 0 Å². The van der Waals surface area contributed by atoms with Gasteiger partial charge in [-0.1, -0.05) is 6.92 Å². The summed E-state index contributed by atoms with van der Waals surface area (Å²) in [5, 5.41) is 9.02. The molecule has 0 saturated carbocycles. The first-order valence-corrected chi connectivity index (χ1v) is 4.05. The second-order valence-corrected chi connectivity index (χ2v) is 2.73. The molecule has 4 heteroatoms. The summed E-state index contributed by atoms with van der Waals surface area (Å²) in [5.74, 6) is 0.344. The highest BCUT2D eigenvalue weighted by molar-refractivity contribution is 4.96. The molecule has 0 saturated heterocycles. The summed E-state index contributed by atoms with van der Waals surface area (Å²) < 4.78 is 5.06. The van der Waals surface area contributed by atoms with Crippen LogP contribution in [0.15, 0.2) is 16.9 Å². The van der Waals surface area contributed by atoms with Crippen molar-refractivity contribution < 1.29 is 9.52 Å². The van der Waals surface area contributed by atoms with Crippen LogP contribution in [-0.2, 0) is 0 Å². The molecular formula is C8H14N2O2. The van der Waals surface area contributed by atoms with Crippen molar-refractivity contribution in [3.63, 3.8) is 0 Å². The molecule has 1 unspecified atom stereocenters. The summed E-state index contributed by atoms with van der Waals surface area (Å²) in [5.41, 5.74) is 5.76. The van der Waals surface area contributed by atoms with E-state index in [2.05, 4.69) is 4.98 Å². The Hall–Kier alpha value is -0.870. The van der Waals surface area contributed by atoms with Crippen LogP contribution in [-0.4, -0.2) is 22.7 Å². The zero-order chi connectivity index (χ0) is 8.97. The van der Waals surface area contributed by atoms with Gasteiger partial charge in [-0.05, 0) is 6.42 Å². The normalized spacial score (nSPS) is 15.9. The fourth-order valence-corrected chi connectivity index (χ4v) is 1.10. The summed E-state index contributed by atoms with van der Waals surface area (Å²) >= 11 is 0. The highest BCUT2D eigenvalue weighted by Gasteiger charge is 2.21. The van der Waals surface area contributed by atoms with Crippen LogP contribution in [0.2, 0.25) is 0 Å². The van der Waals surface area contributed by atoms with Gasteiger partial charge in [0.05, 0.1) is 18.7 Å². The van der Waals surface area contributed by atoms with E-state index < -0.39 is 0 Å². The first-order chi connectivity index (χ1) is 5.79. The zero-order valence-electron chi connectivity index (χ0n) is 7.10. The number of aromatic nitrogens is 1. The molecule has 0 spiro atoms. The van der Waals surface area contributed by atoms with Gasteiger partial charge < -0.3 is 15.3 Å². The maximum atomic E-state index is 9.02. The van der Waals surface area contributed by atoms with E-state index in [1.165, 1.54) is 6.26 Å². The Kier molecular flexibility index (Phi) is 3.25. The van der Waals surface area contributed by atoms with Crippen molar-refractivity contribution in [1.29, 1.82) is 0 Å². The molecule has 4 nitrogen and oxygen atoms in total. The van der Waals surface area contributed by atoms with Crippen LogP contribution in [0.25, 0.3) is 0 Å². The van der Waals surface area contributed by atoms with E-state index in [0.29, 0.717) is 5.89 Å². The molecular weight excluding hydrogens is 156 g/mol. The topological polar surface area (TPSA) is 72.3 Å². The summed E-state index contributed by atoms with van der Waals surface area (Å²) in [6, 6.07) is -0.0892. The number of nitrogens with zero attached hydrogens (tertiary/aromatic N) is 1. The van der Waals surface area contributed by atoms with E-state index in [1.807, 2.05) is 6.92 Å². The lowest BCUT2D eigenvalue weighted by Gasteiger charge is -2.16. The molecule has 12 heavy (non-hydrogen) atoms. The molecule has 1 aromatic heterocycles. The molecule has 0 radical (unpaired) electrons. The van der Waals surface area contributed by atoms with E-state index in [9.17, 15) is 0 Å². The van der Waals surface area contributed by atoms with Gasteiger partial charge in [-0.3, -0.25) is 0 Å². The first kappa shape index (κ1) is 9.22. The number of oxazole rings is 1. The van der Waals surface area contributed by atoms with Crippen molar-refractivity contribution >= 4 is 0 Å². The van der Waals surface area contributed by atoms with Gasteiger partial charge in [0.1, 0.15) is 6.26 Å². The Morgan fingerprint density at radius 3 is 2.92 bits per heavy atom. The number of aliphatic hydroxyl groups is 1. The number of hydrogen-bond donors (Lipinski definition) is 2. The standard InChI is InChI=1S/C8H14N2O2/c1-2-7(9)6(5-11)8-10-3-4-12-8/h3-4,6-7,11H,2,5,9H2,1H3/t6?,7-/m0/s1.